The maximum Gasteiger partial charge on any atom is 0.240 e. The van der Waals surface area contributed by atoms with Crippen LogP contribution in [0.4, 0.5) is 0 Å². The molecule has 0 spiro atoms. The Bertz CT molecular complexity index is 641. The molecule has 0 saturated carbocycles. The minimum absolute atomic E-state index is 0.0370. The summed E-state index contributed by atoms with van der Waals surface area (Å²) in [6, 6.07) is 7.49. The summed E-state index contributed by atoms with van der Waals surface area (Å²) in [6.07, 6.45) is 3.03. The summed E-state index contributed by atoms with van der Waals surface area (Å²) < 4.78 is 7.21. The smallest absolute Gasteiger partial charge is 0.240 e. The largest absolute Gasteiger partial charge is 0.375 e. The summed E-state index contributed by atoms with van der Waals surface area (Å²) in [6.45, 7) is 5.22. The van der Waals surface area contributed by atoms with Crippen LogP contribution in [0, 0.1) is 0 Å². The van der Waals surface area contributed by atoms with E-state index in [9.17, 15) is 4.79 Å². The van der Waals surface area contributed by atoms with Gasteiger partial charge in [-0.25, -0.2) is 9.67 Å². The third-order valence-corrected chi connectivity index (χ3v) is 4.03. The van der Waals surface area contributed by atoms with Crippen molar-refractivity contribution in [3.63, 3.8) is 0 Å². The van der Waals surface area contributed by atoms with Gasteiger partial charge in [-0.3, -0.25) is 4.79 Å². The number of benzene rings is 1. The number of nitrogens with zero attached hydrogens (tertiary/aromatic N) is 3. The van der Waals surface area contributed by atoms with Gasteiger partial charge in [0.05, 0.1) is 24.4 Å². The first-order valence-corrected chi connectivity index (χ1v) is 7.75. The Kier molecular flexibility index (Phi) is 4.68. The van der Waals surface area contributed by atoms with Crippen LogP contribution in [0.15, 0.2) is 36.9 Å². The SMILES string of the molecule is CC(NC(=O)[C@H]1NCCO[C@@H]1C)c1ccc(-n2cncn2)cc1. The Morgan fingerprint density at radius 1 is 1.43 bits per heavy atom. The third kappa shape index (κ3) is 3.57. The topological polar surface area (TPSA) is 81.1 Å². The summed E-state index contributed by atoms with van der Waals surface area (Å²) in [4.78, 5) is 16.3. The molecule has 1 aliphatic heterocycles. The lowest BCUT2D eigenvalue weighted by atomic mass is 10.1. The Hall–Kier alpha value is -2.25. The predicted octanol–water partition coefficient (Wildman–Crippen LogP) is 0.821. The van der Waals surface area contributed by atoms with E-state index in [0.29, 0.717) is 13.2 Å². The number of hydrogen-bond acceptors (Lipinski definition) is 5. The molecule has 0 aliphatic carbocycles. The summed E-state index contributed by atoms with van der Waals surface area (Å²) in [5.74, 6) is -0.0370. The van der Waals surface area contributed by atoms with Crippen LogP contribution in [-0.4, -0.2) is 46.0 Å². The molecule has 3 atom stereocenters. The Morgan fingerprint density at radius 3 is 2.87 bits per heavy atom. The van der Waals surface area contributed by atoms with Crippen LogP contribution < -0.4 is 10.6 Å². The monoisotopic (exact) mass is 315 g/mol. The van der Waals surface area contributed by atoms with Crippen LogP contribution in [-0.2, 0) is 9.53 Å². The minimum Gasteiger partial charge on any atom is -0.375 e. The van der Waals surface area contributed by atoms with Gasteiger partial charge in [-0.15, -0.1) is 0 Å². The molecule has 2 heterocycles. The van der Waals surface area contributed by atoms with Gasteiger partial charge in [0.2, 0.25) is 5.91 Å². The highest BCUT2D eigenvalue weighted by Gasteiger charge is 2.29. The van der Waals surface area contributed by atoms with Crippen molar-refractivity contribution in [1.29, 1.82) is 0 Å². The highest BCUT2D eigenvalue weighted by molar-refractivity contribution is 5.82. The molecule has 1 aliphatic rings. The number of morpholine rings is 1. The van der Waals surface area contributed by atoms with Crippen molar-refractivity contribution in [2.24, 2.45) is 0 Å². The van der Waals surface area contributed by atoms with Crippen molar-refractivity contribution in [3.05, 3.63) is 42.5 Å². The van der Waals surface area contributed by atoms with Gasteiger partial charge in [-0.2, -0.15) is 5.10 Å². The van der Waals surface area contributed by atoms with Crippen molar-refractivity contribution in [1.82, 2.24) is 25.4 Å². The second-order valence-electron chi connectivity index (χ2n) is 5.67. The number of amides is 1. The quantitative estimate of drug-likeness (QED) is 0.873. The van der Waals surface area contributed by atoms with Crippen LogP contribution in [0.1, 0.15) is 25.5 Å². The van der Waals surface area contributed by atoms with Gasteiger partial charge < -0.3 is 15.4 Å². The first-order chi connectivity index (χ1) is 11.1. The number of aromatic nitrogens is 3. The van der Waals surface area contributed by atoms with E-state index in [1.54, 1.807) is 11.0 Å². The lowest BCUT2D eigenvalue weighted by Crippen LogP contribution is -2.55. The highest BCUT2D eigenvalue weighted by Crippen LogP contribution is 2.16. The number of carbonyl (C=O) groups is 1. The van der Waals surface area contributed by atoms with Crippen molar-refractivity contribution in [3.8, 4) is 5.69 Å². The second-order valence-corrected chi connectivity index (χ2v) is 5.67. The van der Waals surface area contributed by atoms with Gasteiger partial charge in [0, 0.05) is 6.54 Å². The average Bonchev–Trinajstić information content (AvgIpc) is 3.09. The normalized spacial score (nSPS) is 22.5. The van der Waals surface area contributed by atoms with Gasteiger partial charge in [-0.05, 0) is 31.5 Å². The Balaban J connectivity index is 1.63. The fourth-order valence-corrected chi connectivity index (χ4v) is 2.67. The molecule has 1 fully saturated rings. The van der Waals surface area contributed by atoms with Crippen LogP contribution in [0.3, 0.4) is 0 Å². The molecule has 7 nitrogen and oxygen atoms in total. The molecule has 2 aromatic rings. The highest BCUT2D eigenvalue weighted by atomic mass is 16.5. The molecule has 1 amide bonds. The minimum atomic E-state index is -0.305. The summed E-state index contributed by atoms with van der Waals surface area (Å²) >= 11 is 0. The maximum atomic E-state index is 12.4. The van der Waals surface area contributed by atoms with Gasteiger partial charge in [-0.1, -0.05) is 12.1 Å². The van der Waals surface area contributed by atoms with Crippen LogP contribution in [0.25, 0.3) is 5.69 Å². The molecule has 1 aromatic carbocycles. The molecule has 23 heavy (non-hydrogen) atoms. The predicted molar refractivity (Wildman–Crippen MR) is 85.1 cm³/mol. The number of hydrogen-bond donors (Lipinski definition) is 2. The standard InChI is InChI=1S/C16H21N5O2/c1-11(20-16(22)15-12(2)23-8-7-18-15)13-3-5-14(6-4-13)21-10-17-9-19-21/h3-6,9-12,15,18H,7-8H2,1-2H3,(H,20,22)/t11?,12-,15+/m1/s1. The number of carbonyl (C=O) groups excluding carboxylic acids is 1. The average molecular weight is 315 g/mol. The lowest BCUT2D eigenvalue weighted by molar-refractivity contribution is -0.129. The molecular formula is C16H21N5O2. The van der Waals surface area contributed by atoms with Gasteiger partial charge in [0.25, 0.3) is 0 Å². The molecule has 7 heteroatoms. The van der Waals surface area contributed by atoms with Crippen LogP contribution in [0.2, 0.25) is 0 Å². The molecule has 2 N–H and O–H groups in total. The van der Waals surface area contributed by atoms with E-state index in [-0.39, 0.29) is 24.1 Å². The molecule has 1 unspecified atom stereocenters. The van der Waals surface area contributed by atoms with E-state index in [0.717, 1.165) is 11.3 Å². The Labute approximate surface area is 135 Å². The number of ether oxygens (including phenoxy) is 1. The molecular weight excluding hydrogens is 294 g/mol. The summed E-state index contributed by atoms with van der Waals surface area (Å²) in [7, 11) is 0. The summed E-state index contributed by atoms with van der Waals surface area (Å²) in [5, 5.41) is 10.3. The van der Waals surface area contributed by atoms with Crippen molar-refractivity contribution >= 4 is 5.91 Å². The van der Waals surface area contributed by atoms with E-state index in [1.165, 1.54) is 6.33 Å². The van der Waals surface area contributed by atoms with E-state index < -0.39 is 0 Å². The van der Waals surface area contributed by atoms with Crippen molar-refractivity contribution < 1.29 is 9.53 Å². The van der Waals surface area contributed by atoms with E-state index in [4.69, 9.17) is 4.74 Å². The Morgan fingerprint density at radius 2 is 2.22 bits per heavy atom. The lowest BCUT2D eigenvalue weighted by Gasteiger charge is -2.30. The first kappa shape index (κ1) is 15.6. The number of rotatable bonds is 4. The fraction of sp³-hybridized carbons (Fsp3) is 0.438. The fourth-order valence-electron chi connectivity index (χ4n) is 2.67. The second kappa shape index (κ2) is 6.89. The van der Waals surface area contributed by atoms with Gasteiger partial charge >= 0.3 is 0 Å². The van der Waals surface area contributed by atoms with E-state index in [1.807, 2.05) is 38.1 Å². The molecule has 1 aromatic heterocycles. The van der Waals surface area contributed by atoms with E-state index in [2.05, 4.69) is 20.7 Å². The third-order valence-electron chi connectivity index (χ3n) is 4.03. The summed E-state index contributed by atoms with van der Waals surface area (Å²) in [5.41, 5.74) is 1.97. The molecule has 0 bridgehead atoms. The van der Waals surface area contributed by atoms with Crippen molar-refractivity contribution in [2.45, 2.75) is 32.0 Å². The molecule has 3 rings (SSSR count). The van der Waals surface area contributed by atoms with Gasteiger partial charge in [0.15, 0.2) is 0 Å². The van der Waals surface area contributed by atoms with Gasteiger partial charge in [0.1, 0.15) is 18.7 Å². The van der Waals surface area contributed by atoms with E-state index >= 15 is 0 Å². The first-order valence-electron chi connectivity index (χ1n) is 7.75. The molecule has 0 radical (unpaired) electrons. The van der Waals surface area contributed by atoms with Crippen molar-refractivity contribution in [2.75, 3.05) is 13.2 Å². The zero-order valence-electron chi connectivity index (χ0n) is 13.3. The molecule has 122 valence electrons. The zero-order valence-corrected chi connectivity index (χ0v) is 13.3. The maximum absolute atomic E-state index is 12.4. The zero-order chi connectivity index (χ0) is 16.2. The van der Waals surface area contributed by atoms with Crippen LogP contribution in [0.5, 0.6) is 0 Å². The number of nitrogens with one attached hydrogen (secondary N) is 2. The molecule has 1 saturated heterocycles. The van der Waals surface area contributed by atoms with Crippen LogP contribution >= 0.6 is 0 Å².